The molecule has 1 aliphatic rings. The van der Waals surface area contributed by atoms with E-state index in [4.69, 9.17) is 5.73 Å². The molecule has 0 aromatic heterocycles. The molecule has 1 unspecified atom stereocenters. The molecule has 0 aliphatic heterocycles. The molecule has 1 saturated carbocycles. The van der Waals surface area contributed by atoms with E-state index in [-0.39, 0.29) is 29.6 Å². The van der Waals surface area contributed by atoms with Crippen LogP contribution in [0.1, 0.15) is 31.4 Å². The molecule has 1 amide bonds. The number of nitrogens with one attached hydrogen (secondary N) is 1. The highest BCUT2D eigenvalue weighted by Gasteiger charge is 2.50. The van der Waals surface area contributed by atoms with Crippen LogP contribution in [0.3, 0.4) is 0 Å². The first-order valence-electron chi connectivity index (χ1n) is 6.19. The van der Waals surface area contributed by atoms with Crippen molar-refractivity contribution >= 4 is 5.91 Å². The molecule has 3 nitrogen and oxygen atoms in total. The van der Waals surface area contributed by atoms with Crippen LogP contribution in [0.25, 0.3) is 0 Å². The van der Waals surface area contributed by atoms with E-state index in [1.54, 1.807) is 12.1 Å². The van der Waals surface area contributed by atoms with Crippen molar-refractivity contribution in [1.82, 2.24) is 5.32 Å². The standard InChI is InChI=1S/C14H19FN2O/c1-14(2)6-11(14)13(18)17-8-10-4-3-9(7-16)5-12(10)15/h3-5,11H,6-8,16H2,1-2H3,(H,17,18). The van der Waals surface area contributed by atoms with Gasteiger partial charge in [0.1, 0.15) is 5.82 Å². The van der Waals surface area contributed by atoms with Gasteiger partial charge in [0.15, 0.2) is 0 Å². The number of halogens is 1. The summed E-state index contributed by atoms with van der Waals surface area (Å²) in [5.74, 6) is -0.223. The van der Waals surface area contributed by atoms with E-state index < -0.39 is 0 Å². The third-order valence-corrected chi connectivity index (χ3v) is 3.64. The predicted octanol–water partition coefficient (Wildman–Crippen LogP) is 1.95. The highest BCUT2D eigenvalue weighted by molar-refractivity contribution is 5.82. The van der Waals surface area contributed by atoms with E-state index in [9.17, 15) is 9.18 Å². The number of hydrogen-bond donors (Lipinski definition) is 2. The third kappa shape index (κ3) is 2.70. The summed E-state index contributed by atoms with van der Waals surface area (Å²) in [6, 6.07) is 4.88. The van der Waals surface area contributed by atoms with Crippen LogP contribution < -0.4 is 11.1 Å². The van der Waals surface area contributed by atoms with Crippen LogP contribution >= 0.6 is 0 Å². The molecule has 0 spiro atoms. The number of carbonyl (C=O) groups excluding carboxylic acids is 1. The van der Waals surface area contributed by atoms with Crippen molar-refractivity contribution in [3.05, 3.63) is 35.1 Å². The summed E-state index contributed by atoms with van der Waals surface area (Å²) in [5.41, 5.74) is 6.79. The fourth-order valence-electron chi connectivity index (χ4n) is 2.08. The van der Waals surface area contributed by atoms with Crippen LogP contribution in [0.15, 0.2) is 18.2 Å². The summed E-state index contributed by atoms with van der Waals surface area (Å²) in [4.78, 5) is 11.8. The Morgan fingerprint density at radius 3 is 2.72 bits per heavy atom. The molecule has 0 heterocycles. The maximum atomic E-state index is 13.6. The van der Waals surface area contributed by atoms with Gasteiger partial charge < -0.3 is 11.1 Å². The van der Waals surface area contributed by atoms with E-state index in [2.05, 4.69) is 19.2 Å². The fourth-order valence-corrected chi connectivity index (χ4v) is 2.08. The first kappa shape index (κ1) is 13.0. The van der Waals surface area contributed by atoms with Crippen molar-refractivity contribution in [3.8, 4) is 0 Å². The van der Waals surface area contributed by atoms with E-state index in [1.807, 2.05) is 0 Å². The van der Waals surface area contributed by atoms with Crippen LogP contribution in [-0.2, 0) is 17.9 Å². The van der Waals surface area contributed by atoms with Crippen molar-refractivity contribution in [2.24, 2.45) is 17.1 Å². The molecule has 0 saturated heterocycles. The lowest BCUT2D eigenvalue weighted by Crippen LogP contribution is -2.26. The van der Waals surface area contributed by atoms with Crippen LogP contribution in [0.5, 0.6) is 0 Å². The summed E-state index contributed by atoms with van der Waals surface area (Å²) in [5, 5.41) is 2.78. The molecule has 1 fully saturated rings. The van der Waals surface area contributed by atoms with Crippen LogP contribution in [0.4, 0.5) is 4.39 Å². The van der Waals surface area contributed by atoms with Crippen LogP contribution in [0.2, 0.25) is 0 Å². The summed E-state index contributed by atoms with van der Waals surface area (Å²) < 4.78 is 13.6. The van der Waals surface area contributed by atoms with E-state index in [1.165, 1.54) is 6.07 Å². The zero-order valence-corrected chi connectivity index (χ0v) is 10.8. The Morgan fingerprint density at radius 1 is 1.56 bits per heavy atom. The van der Waals surface area contributed by atoms with E-state index in [0.29, 0.717) is 12.1 Å². The fraction of sp³-hybridized carbons (Fsp3) is 0.500. The van der Waals surface area contributed by atoms with Crippen molar-refractivity contribution < 1.29 is 9.18 Å². The van der Waals surface area contributed by atoms with Crippen molar-refractivity contribution in [3.63, 3.8) is 0 Å². The normalized spacial score (nSPS) is 20.6. The molecule has 2 rings (SSSR count). The monoisotopic (exact) mass is 250 g/mol. The molecule has 18 heavy (non-hydrogen) atoms. The quantitative estimate of drug-likeness (QED) is 0.858. The summed E-state index contributed by atoms with van der Waals surface area (Å²) in [7, 11) is 0. The average molecular weight is 250 g/mol. The number of amides is 1. The lowest BCUT2D eigenvalue weighted by molar-refractivity contribution is -0.123. The van der Waals surface area contributed by atoms with Crippen LogP contribution in [0, 0.1) is 17.2 Å². The summed E-state index contributed by atoms with van der Waals surface area (Å²) >= 11 is 0. The first-order chi connectivity index (χ1) is 8.44. The Kier molecular flexibility index (Phi) is 3.39. The van der Waals surface area contributed by atoms with Gasteiger partial charge in [0.25, 0.3) is 0 Å². The van der Waals surface area contributed by atoms with Gasteiger partial charge in [-0.2, -0.15) is 0 Å². The van der Waals surface area contributed by atoms with Crippen LogP contribution in [-0.4, -0.2) is 5.91 Å². The molecule has 0 radical (unpaired) electrons. The van der Waals surface area contributed by atoms with Gasteiger partial charge >= 0.3 is 0 Å². The van der Waals surface area contributed by atoms with Gasteiger partial charge in [0.2, 0.25) is 5.91 Å². The molecule has 1 aromatic carbocycles. The second-order valence-corrected chi connectivity index (χ2v) is 5.59. The summed E-state index contributed by atoms with van der Waals surface area (Å²) in [6.07, 6.45) is 0.910. The molecule has 1 aromatic rings. The number of benzene rings is 1. The minimum atomic E-state index is -0.312. The topological polar surface area (TPSA) is 55.1 Å². The lowest BCUT2D eigenvalue weighted by Gasteiger charge is -2.08. The largest absolute Gasteiger partial charge is 0.352 e. The molecule has 3 N–H and O–H groups in total. The van der Waals surface area contributed by atoms with Gasteiger partial charge in [0.05, 0.1) is 0 Å². The second-order valence-electron chi connectivity index (χ2n) is 5.59. The predicted molar refractivity (Wildman–Crippen MR) is 68.0 cm³/mol. The van der Waals surface area contributed by atoms with Gasteiger partial charge in [-0.25, -0.2) is 4.39 Å². The zero-order valence-electron chi connectivity index (χ0n) is 10.8. The van der Waals surface area contributed by atoms with Gasteiger partial charge in [-0.1, -0.05) is 26.0 Å². The Labute approximate surface area is 107 Å². The summed E-state index contributed by atoms with van der Waals surface area (Å²) in [6.45, 7) is 4.68. The maximum Gasteiger partial charge on any atom is 0.223 e. The second kappa shape index (κ2) is 4.69. The SMILES string of the molecule is CC1(C)CC1C(=O)NCc1ccc(CN)cc1F. The molecule has 0 bridgehead atoms. The Balaban J connectivity index is 1.92. The minimum Gasteiger partial charge on any atom is -0.352 e. The molecule has 98 valence electrons. The van der Waals surface area contributed by atoms with E-state index in [0.717, 1.165) is 12.0 Å². The molecular weight excluding hydrogens is 231 g/mol. The average Bonchev–Trinajstić information content (AvgIpc) is 2.96. The van der Waals surface area contributed by atoms with E-state index >= 15 is 0 Å². The zero-order chi connectivity index (χ0) is 13.3. The van der Waals surface area contributed by atoms with Crippen molar-refractivity contribution in [2.75, 3.05) is 0 Å². The van der Waals surface area contributed by atoms with Gasteiger partial charge in [-0.15, -0.1) is 0 Å². The van der Waals surface area contributed by atoms with Crippen molar-refractivity contribution in [1.29, 1.82) is 0 Å². The number of hydrogen-bond acceptors (Lipinski definition) is 2. The number of nitrogens with two attached hydrogens (primary N) is 1. The van der Waals surface area contributed by atoms with Gasteiger partial charge in [-0.3, -0.25) is 4.79 Å². The maximum absolute atomic E-state index is 13.6. The molecule has 4 heteroatoms. The third-order valence-electron chi connectivity index (χ3n) is 3.64. The Hall–Kier alpha value is -1.42. The number of rotatable bonds is 4. The highest BCUT2D eigenvalue weighted by atomic mass is 19.1. The molecule has 1 atom stereocenters. The molecule has 1 aliphatic carbocycles. The minimum absolute atomic E-state index is 0.0160. The van der Waals surface area contributed by atoms with Gasteiger partial charge in [-0.05, 0) is 23.5 Å². The highest BCUT2D eigenvalue weighted by Crippen LogP contribution is 2.51. The smallest absolute Gasteiger partial charge is 0.223 e. The van der Waals surface area contributed by atoms with Crippen molar-refractivity contribution in [2.45, 2.75) is 33.4 Å². The Bertz CT molecular complexity index is 471. The molecular formula is C14H19FN2O. The Morgan fingerprint density at radius 2 is 2.22 bits per heavy atom. The first-order valence-corrected chi connectivity index (χ1v) is 6.19. The van der Waals surface area contributed by atoms with Gasteiger partial charge in [0, 0.05) is 24.6 Å². The number of carbonyl (C=O) groups is 1. The lowest BCUT2D eigenvalue weighted by atomic mass is 10.1.